The smallest absolute Gasteiger partial charge is 0.251 e. The number of carbonyl (C=O) groups excluding carboxylic acids is 1. The molecule has 0 heterocycles. The molecule has 1 aromatic rings. The molecule has 1 amide bonds. The fourth-order valence-corrected chi connectivity index (χ4v) is 3.24. The highest BCUT2D eigenvalue weighted by molar-refractivity contribution is 14.0. The van der Waals surface area contributed by atoms with Gasteiger partial charge in [-0.15, -0.1) is 24.0 Å². The lowest BCUT2D eigenvalue weighted by Gasteiger charge is -2.41. The Morgan fingerprint density at radius 1 is 1.26 bits per heavy atom. The van der Waals surface area contributed by atoms with Crippen LogP contribution in [0.2, 0.25) is 0 Å². The number of hydrogen-bond acceptors (Lipinski definition) is 2. The fraction of sp³-hybridized carbons (Fsp3) is 0.619. The lowest BCUT2D eigenvalue weighted by molar-refractivity contribution is 0.0939. The first-order chi connectivity index (χ1) is 12.5. The second-order valence-electron chi connectivity index (χ2n) is 7.47. The van der Waals surface area contributed by atoms with Gasteiger partial charge in [-0.05, 0) is 55.7 Å². The van der Waals surface area contributed by atoms with Gasteiger partial charge >= 0.3 is 0 Å². The zero-order valence-corrected chi connectivity index (χ0v) is 19.4. The summed E-state index contributed by atoms with van der Waals surface area (Å²) in [6, 6.07) is 7.94. The number of benzene rings is 1. The zero-order valence-electron chi connectivity index (χ0n) is 17.1. The molecule has 1 atom stereocenters. The van der Waals surface area contributed by atoms with Crippen LogP contribution >= 0.6 is 24.0 Å². The molecule has 1 aromatic carbocycles. The minimum atomic E-state index is -0.0152. The van der Waals surface area contributed by atoms with Gasteiger partial charge in [-0.2, -0.15) is 0 Å². The number of amides is 1. The molecular weight excluding hydrogens is 451 g/mol. The van der Waals surface area contributed by atoms with Crippen LogP contribution in [0.4, 0.5) is 0 Å². The molecule has 27 heavy (non-hydrogen) atoms. The normalized spacial score (nSPS) is 16.5. The van der Waals surface area contributed by atoms with E-state index in [1.54, 1.807) is 7.05 Å². The van der Waals surface area contributed by atoms with Gasteiger partial charge in [-0.1, -0.05) is 32.4 Å². The summed E-state index contributed by atoms with van der Waals surface area (Å²) in [5.74, 6) is 0.803. The number of nitrogens with one attached hydrogen (secondary N) is 3. The van der Waals surface area contributed by atoms with Crippen molar-refractivity contribution in [3.63, 3.8) is 0 Å². The molecular formula is C21H35IN4O. The topological polar surface area (TPSA) is 65.5 Å². The highest BCUT2D eigenvalue weighted by atomic mass is 127. The van der Waals surface area contributed by atoms with Crippen molar-refractivity contribution in [3.05, 3.63) is 35.4 Å². The number of guanidine groups is 1. The third-order valence-corrected chi connectivity index (χ3v) is 5.66. The molecule has 0 radical (unpaired) electrons. The summed E-state index contributed by atoms with van der Waals surface area (Å²) in [6.45, 7) is 7.97. The van der Waals surface area contributed by atoms with Gasteiger partial charge in [0.05, 0.1) is 0 Å². The lowest BCUT2D eigenvalue weighted by Crippen LogP contribution is -2.46. The van der Waals surface area contributed by atoms with Crippen molar-refractivity contribution < 1.29 is 4.79 Å². The maximum absolute atomic E-state index is 12.3. The summed E-state index contributed by atoms with van der Waals surface area (Å²) in [5, 5.41) is 9.83. The van der Waals surface area contributed by atoms with Crippen LogP contribution in [0, 0.1) is 5.41 Å². The third kappa shape index (κ3) is 6.97. The van der Waals surface area contributed by atoms with Crippen LogP contribution in [0.3, 0.4) is 0 Å². The number of aliphatic imine (C=N–C) groups is 1. The standard InChI is InChI=1S/C21H34N4O.HI/c1-5-16(3)25-19(26)18-10-7-9-17(13-18)14-23-20(22-4)24-15-21(6-2)11-8-12-21;/h7,9-10,13,16H,5-6,8,11-12,14-15H2,1-4H3,(H,25,26)(H2,22,23,24);1H. The summed E-state index contributed by atoms with van der Waals surface area (Å²) in [6.07, 6.45) is 6.09. The van der Waals surface area contributed by atoms with Gasteiger partial charge in [0.25, 0.3) is 5.91 Å². The first kappa shape index (κ1) is 23.7. The van der Waals surface area contributed by atoms with Crippen molar-refractivity contribution in [2.75, 3.05) is 13.6 Å². The van der Waals surface area contributed by atoms with Crippen molar-refractivity contribution in [2.24, 2.45) is 10.4 Å². The number of nitrogens with zero attached hydrogens (tertiary/aromatic N) is 1. The predicted octanol–water partition coefficient (Wildman–Crippen LogP) is 4.08. The van der Waals surface area contributed by atoms with Crippen LogP contribution in [0.15, 0.2) is 29.3 Å². The third-order valence-electron chi connectivity index (χ3n) is 5.66. The Labute approximate surface area is 181 Å². The van der Waals surface area contributed by atoms with E-state index >= 15 is 0 Å². The Kier molecular flexibility index (Phi) is 10.1. The van der Waals surface area contributed by atoms with Crippen molar-refractivity contribution in [1.29, 1.82) is 0 Å². The average molecular weight is 486 g/mol. The molecule has 0 aliphatic heterocycles. The average Bonchev–Trinajstić information content (AvgIpc) is 2.63. The predicted molar refractivity (Wildman–Crippen MR) is 124 cm³/mol. The molecule has 0 saturated heterocycles. The van der Waals surface area contributed by atoms with Gasteiger partial charge in [0, 0.05) is 31.7 Å². The maximum atomic E-state index is 12.3. The van der Waals surface area contributed by atoms with Crippen LogP contribution < -0.4 is 16.0 Å². The van der Waals surface area contributed by atoms with Crippen LogP contribution in [0.1, 0.15) is 68.8 Å². The molecule has 5 nitrogen and oxygen atoms in total. The number of carbonyl (C=O) groups is 1. The molecule has 1 saturated carbocycles. The SMILES string of the molecule is CCC(C)NC(=O)c1cccc(CNC(=NC)NCC2(CC)CCC2)c1.I. The van der Waals surface area contributed by atoms with Crippen molar-refractivity contribution in [2.45, 2.75) is 65.5 Å². The van der Waals surface area contributed by atoms with Crippen LogP contribution in [0.5, 0.6) is 0 Å². The molecule has 152 valence electrons. The van der Waals surface area contributed by atoms with Crippen LogP contribution in [0.25, 0.3) is 0 Å². The van der Waals surface area contributed by atoms with Crippen LogP contribution in [-0.2, 0) is 6.54 Å². The van der Waals surface area contributed by atoms with Crippen LogP contribution in [-0.4, -0.2) is 31.5 Å². The number of halogens is 1. The summed E-state index contributed by atoms with van der Waals surface area (Å²) in [5.41, 5.74) is 2.22. The Morgan fingerprint density at radius 3 is 2.56 bits per heavy atom. The molecule has 3 N–H and O–H groups in total. The van der Waals surface area contributed by atoms with E-state index in [4.69, 9.17) is 0 Å². The van der Waals surface area contributed by atoms with Gasteiger partial charge in [-0.3, -0.25) is 9.79 Å². The molecule has 0 aromatic heterocycles. The van der Waals surface area contributed by atoms with Gasteiger partial charge in [-0.25, -0.2) is 0 Å². The molecule has 2 rings (SSSR count). The maximum Gasteiger partial charge on any atom is 0.251 e. The second kappa shape index (κ2) is 11.5. The first-order valence-corrected chi connectivity index (χ1v) is 9.86. The zero-order chi connectivity index (χ0) is 19.0. The molecule has 0 bridgehead atoms. The summed E-state index contributed by atoms with van der Waals surface area (Å²) >= 11 is 0. The van der Waals surface area contributed by atoms with E-state index in [0.717, 1.165) is 24.5 Å². The van der Waals surface area contributed by atoms with E-state index in [1.165, 1.54) is 25.7 Å². The number of rotatable bonds is 8. The van der Waals surface area contributed by atoms with Gasteiger partial charge in [0.1, 0.15) is 0 Å². The minimum absolute atomic E-state index is 0. The summed E-state index contributed by atoms with van der Waals surface area (Å²) in [4.78, 5) is 16.6. The molecule has 6 heteroatoms. The Hall–Kier alpha value is -1.31. The Bertz CT molecular complexity index is 623. The number of hydrogen-bond donors (Lipinski definition) is 3. The molecule has 1 aliphatic carbocycles. The van der Waals surface area contributed by atoms with E-state index < -0.39 is 0 Å². The van der Waals surface area contributed by atoms with E-state index in [1.807, 2.05) is 31.2 Å². The Balaban J connectivity index is 0.00000364. The first-order valence-electron chi connectivity index (χ1n) is 9.86. The lowest BCUT2D eigenvalue weighted by atomic mass is 9.67. The quantitative estimate of drug-likeness (QED) is 0.295. The monoisotopic (exact) mass is 486 g/mol. The minimum Gasteiger partial charge on any atom is -0.356 e. The highest BCUT2D eigenvalue weighted by Gasteiger charge is 2.34. The largest absolute Gasteiger partial charge is 0.356 e. The second-order valence-corrected chi connectivity index (χ2v) is 7.47. The van der Waals surface area contributed by atoms with E-state index in [9.17, 15) is 4.79 Å². The van der Waals surface area contributed by atoms with Crippen molar-refractivity contribution >= 4 is 35.8 Å². The Morgan fingerprint density at radius 2 is 2.00 bits per heavy atom. The van der Waals surface area contributed by atoms with Gasteiger partial charge in [0.15, 0.2) is 5.96 Å². The molecule has 1 fully saturated rings. The van der Waals surface area contributed by atoms with Crippen molar-refractivity contribution in [3.8, 4) is 0 Å². The van der Waals surface area contributed by atoms with Gasteiger partial charge in [0.2, 0.25) is 0 Å². The molecule has 1 aliphatic rings. The van der Waals surface area contributed by atoms with Gasteiger partial charge < -0.3 is 16.0 Å². The van der Waals surface area contributed by atoms with E-state index in [-0.39, 0.29) is 35.9 Å². The molecule has 1 unspecified atom stereocenters. The van der Waals surface area contributed by atoms with E-state index in [0.29, 0.717) is 17.5 Å². The summed E-state index contributed by atoms with van der Waals surface area (Å²) in [7, 11) is 1.80. The fourth-order valence-electron chi connectivity index (χ4n) is 3.24. The highest BCUT2D eigenvalue weighted by Crippen LogP contribution is 2.42. The van der Waals surface area contributed by atoms with E-state index in [2.05, 4.69) is 34.8 Å². The van der Waals surface area contributed by atoms with Crippen molar-refractivity contribution in [1.82, 2.24) is 16.0 Å². The summed E-state index contributed by atoms with van der Waals surface area (Å²) < 4.78 is 0. The molecule has 0 spiro atoms.